The van der Waals surface area contributed by atoms with Crippen molar-refractivity contribution in [2.24, 2.45) is 0 Å². The summed E-state index contributed by atoms with van der Waals surface area (Å²) < 4.78 is 5.13. The SMILES string of the molecule is O=C(NNc1ccccc1)c1cnc2[nH]cc(-c3ccoc3)c2c1. The van der Waals surface area contributed by atoms with Crippen LogP contribution in [-0.4, -0.2) is 15.9 Å². The van der Waals surface area contributed by atoms with E-state index >= 15 is 0 Å². The van der Waals surface area contributed by atoms with Gasteiger partial charge < -0.3 is 9.40 Å². The molecule has 0 aliphatic heterocycles. The van der Waals surface area contributed by atoms with Crippen molar-refractivity contribution in [1.82, 2.24) is 15.4 Å². The highest BCUT2D eigenvalue weighted by Gasteiger charge is 2.12. The Bertz CT molecular complexity index is 975. The maximum Gasteiger partial charge on any atom is 0.271 e. The van der Waals surface area contributed by atoms with Crippen LogP contribution in [-0.2, 0) is 0 Å². The Hall–Kier alpha value is -3.54. The largest absolute Gasteiger partial charge is 0.472 e. The molecule has 0 aliphatic carbocycles. The van der Waals surface area contributed by atoms with Gasteiger partial charge in [0.1, 0.15) is 5.65 Å². The first-order chi connectivity index (χ1) is 11.8. The Kier molecular flexibility index (Phi) is 3.47. The normalized spacial score (nSPS) is 10.7. The number of carbonyl (C=O) groups excluding carboxylic acids is 1. The van der Waals surface area contributed by atoms with Crippen molar-refractivity contribution in [2.45, 2.75) is 0 Å². The molecule has 6 heteroatoms. The number of nitrogens with one attached hydrogen (secondary N) is 3. The van der Waals surface area contributed by atoms with E-state index in [4.69, 9.17) is 4.42 Å². The highest BCUT2D eigenvalue weighted by Crippen LogP contribution is 2.28. The number of hydrazine groups is 1. The van der Waals surface area contributed by atoms with E-state index in [2.05, 4.69) is 20.8 Å². The molecule has 3 heterocycles. The summed E-state index contributed by atoms with van der Waals surface area (Å²) in [7, 11) is 0. The van der Waals surface area contributed by atoms with Crippen LogP contribution in [0.25, 0.3) is 22.2 Å². The van der Waals surface area contributed by atoms with Gasteiger partial charge in [-0.2, -0.15) is 0 Å². The van der Waals surface area contributed by atoms with Gasteiger partial charge in [0.15, 0.2) is 0 Å². The number of rotatable bonds is 4. The standard InChI is InChI=1S/C18H14N4O2/c23-18(22-21-14-4-2-1-3-5-14)13-8-15-16(12-6-7-24-11-12)10-20-17(15)19-9-13/h1-11,21H,(H,19,20)(H,22,23). The number of furan rings is 1. The third kappa shape index (κ3) is 2.61. The molecule has 0 saturated carbocycles. The molecule has 3 N–H and O–H groups in total. The molecular weight excluding hydrogens is 304 g/mol. The van der Waals surface area contributed by atoms with Gasteiger partial charge in [0, 0.05) is 28.9 Å². The molecule has 3 aromatic heterocycles. The van der Waals surface area contributed by atoms with Crippen LogP contribution in [0.2, 0.25) is 0 Å². The van der Waals surface area contributed by atoms with E-state index in [1.54, 1.807) is 18.7 Å². The smallest absolute Gasteiger partial charge is 0.271 e. The quantitative estimate of drug-likeness (QED) is 0.502. The highest BCUT2D eigenvalue weighted by atomic mass is 16.3. The van der Waals surface area contributed by atoms with Crippen molar-refractivity contribution in [3.63, 3.8) is 0 Å². The molecule has 0 saturated heterocycles. The van der Waals surface area contributed by atoms with E-state index in [0.717, 1.165) is 27.8 Å². The summed E-state index contributed by atoms with van der Waals surface area (Å²) in [5.74, 6) is -0.257. The Balaban J connectivity index is 1.60. The molecule has 24 heavy (non-hydrogen) atoms. The van der Waals surface area contributed by atoms with Crippen LogP contribution in [0.1, 0.15) is 10.4 Å². The number of benzene rings is 1. The summed E-state index contributed by atoms with van der Waals surface area (Å²) in [6.45, 7) is 0. The number of amides is 1. The molecule has 4 aromatic rings. The number of hydrogen-bond acceptors (Lipinski definition) is 4. The fraction of sp³-hybridized carbons (Fsp3) is 0. The maximum atomic E-state index is 12.3. The van der Waals surface area contributed by atoms with E-state index < -0.39 is 0 Å². The number of H-pyrrole nitrogens is 1. The van der Waals surface area contributed by atoms with E-state index in [1.807, 2.05) is 48.7 Å². The predicted octanol–water partition coefficient (Wildman–Crippen LogP) is 3.58. The molecular formula is C18H14N4O2. The number of carbonyl (C=O) groups is 1. The number of aromatic amines is 1. The minimum Gasteiger partial charge on any atom is -0.472 e. The van der Waals surface area contributed by atoms with Crippen molar-refractivity contribution < 1.29 is 9.21 Å². The minimum atomic E-state index is -0.257. The lowest BCUT2D eigenvalue weighted by molar-refractivity contribution is 0.0962. The lowest BCUT2D eigenvalue weighted by Gasteiger charge is -2.08. The fourth-order valence-electron chi connectivity index (χ4n) is 2.51. The number of aromatic nitrogens is 2. The minimum absolute atomic E-state index is 0.257. The third-order valence-corrected chi connectivity index (χ3v) is 3.72. The number of fused-ring (bicyclic) bond motifs is 1. The zero-order valence-corrected chi connectivity index (χ0v) is 12.6. The number of pyridine rings is 1. The maximum absolute atomic E-state index is 12.3. The molecule has 0 unspecified atom stereocenters. The van der Waals surface area contributed by atoms with Gasteiger partial charge in [0.2, 0.25) is 0 Å². The zero-order valence-electron chi connectivity index (χ0n) is 12.6. The van der Waals surface area contributed by atoms with Gasteiger partial charge in [-0.05, 0) is 24.3 Å². The first-order valence-corrected chi connectivity index (χ1v) is 7.42. The molecule has 0 fully saturated rings. The summed E-state index contributed by atoms with van der Waals surface area (Å²) >= 11 is 0. The Morgan fingerprint density at radius 3 is 2.83 bits per heavy atom. The van der Waals surface area contributed by atoms with E-state index in [0.29, 0.717) is 5.56 Å². The van der Waals surface area contributed by atoms with Crippen LogP contribution >= 0.6 is 0 Å². The molecule has 1 aromatic carbocycles. The average Bonchev–Trinajstić information content (AvgIpc) is 3.29. The first-order valence-electron chi connectivity index (χ1n) is 7.42. The van der Waals surface area contributed by atoms with Crippen LogP contribution in [0.15, 0.2) is 71.8 Å². The monoisotopic (exact) mass is 318 g/mol. The van der Waals surface area contributed by atoms with Gasteiger partial charge in [0.25, 0.3) is 5.91 Å². The summed E-state index contributed by atoms with van der Waals surface area (Å²) in [6.07, 6.45) is 6.67. The van der Waals surface area contributed by atoms with Gasteiger partial charge in [-0.3, -0.25) is 15.6 Å². The summed E-state index contributed by atoms with van der Waals surface area (Å²) in [5.41, 5.74) is 9.42. The molecule has 118 valence electrons. The van der Waals surface area contributed by atoms with Gasteiger partial charge in [-0.15, -0.1) is 0 Å². The highest BCUT2D eigenvalue weighted by molar-refractivity contribution is 6.01. The second-order valence-electron chi connectivity index (χ2n) is 5.28. The van der Waals surface area contributed by atoms with Crippen molar-refractivity contribution in [3.8, 4) is 11.1 Å². The van der Waals surface area contributed by atoms with Crippen LogP contribution in [0.4, 0.5) is 5.69 Å². The Morgan fingerprint density at radius 2 is 2.04 bits per heavy atom. The number of anilines is 1. The molecule has 6 nitrogen and oxygen atoms in total. The van der Waals surface area contributed by atoms with Gasteiger partial charge in [0.05, 0.1) is 23.8 Å². The van der Waals surface area contributed by atoms with E-state index in [9.17, 15) is 4.79 Å². The molecule has 4 rings (SSSR count). The van der Waals surface area contributed by atoms with Crippen molar-refractivity contribution in [1.29, 1.82) is 0 Å². The Morgan fingerprint density at radius 1 is 1.17 bits per heavy atom. The summed E-state index contributed by atoms with van der Waals surface area (Å²) in [4.78, 5) is 19.8. The molecule has 0 spiro atoms. The third-order valence-electron chi connectivity index (χ3n) is 3.72. The summed E-state index contributed by atoms with van der Waals surface area (Å²) in [5, 5.41) is 0.865. The van der Waals surface area contributed by atoms with Crippen LogP contribution in [0.5, 0.6) is 0 Å². The molecule has 0 radical (unpaired) electrons. The number of hydrogen-bond donors (Lipinski definition) is 3. The molecule has 0 atom stereocenters. The number of para-hydroxylation sites is 1. The van der Waals surface area contributed by atoms with Crippen LogP contribution < -0.4 is 10.9 Å². The lowest BCUT2D eigenvalue weighted by atomic mass is 10.1. The molecule has 0 aliphatic rings. The zero-order chi connectivity index (χ0) is 16.4. The Labute approximate surface area is 137 Å². The number of nitrogens with zero attached hydrogens (tertiary/aromatic N) is 1. The van der Waals surface area contributed by atoms with Gasteiger partial charge in [-0.25, -0.2) is 4.98 Å². The van der Waals surface area contributed by atoms with Crippen molar-refractivity contribution in [3.05, 3.63) is 72.9 Å². The topological polar surface area (TPSA) is 83.0 Å². The van der Waals surface area contributed by atoms with Gasteiger partial charge in [-0.1, -0.05) is 18.2 Å². The first kappa shape index (κ1) is 14.1. The van der Waals surface area contributed by atoms with Gasteiger partial charge >= 0.3 is 0 Å². The van der Waals surface area contributed by atoms with E-state index in [-0.39, 0.29) is 5.91 Å². The van der Waals surface area contributed by atoms with Crippen LogP contribution in [0, 0.1) is 0 Å². The lowest BCUT2D eigenvalue weighted by Crippen LogP contribution is -2.29. The van der Waals surface area contributed by atoms with Crippen molar-refractivity contribution >= 4 is 22.6 Å². The fourth-order valence-corrected chi connectivity index (χ4v) is 2.51. The molecule has 0 bridgehead atoms. The predicted molar refractivity (Wildman–Crippen MR) is 91.3 cm³/mol. The second-order valence-corrected chi connectivity index (χ2v) is 5.28. The van der Waals surface area contributed by atoms with Crippen molar-refractivity contribution in [2.75, 3.05) is 5.43 Å². The van der Waals surface area contributed by atoms with E-state index in [1.165, 1.54) is 0 Å². The van der Waals surface area contributed by atoms with Crippen LogP contribution in [0.3, 0.4) is 0 Å². The summed E-state index contributed by atoms with van der Waals surface area (Å²) in [6, 6.07) is 13.1. The second kappa shape index (κ2) is 5.92. The molecule has 1 amide bonds. The average molecular weight is 318 g/mol.